The lowest BCUT2D eigenvalue weighted by molar-refractivity contribution is 0.196. The molecule has 0 bridgehead atoms. The Balaban J connectivity index is 1.67. The standard InChI is InChI=1S/C16H24N4OS/c1-5-14-15(13(4)21-18-14)12(3)19-6-8-20(9-7-19)16-17-10-11(2)22-16/h10,12H,5-9H2,1-4H3/t12-/m1/s1. The number of nitrogens with zero attached hydrogens (tertiary/aromatic N) is 4. The molecule has 120 valence electrons. The molecule has 0 spiro atoms. The molecular weight excluding hydrogens is 296 g/mol. The number of aryl methyl sites for hydroxylation is 3. The van der Waals surface area contributed by atoms with E-state index in [1.165, 1.54) is 10.4 Å². The highest BCUT2D eigenvalue weighted by molar-refractivity contribution is 7.15. The number of anilines is 1. The van der Waals surface area contributed by atoms with E-state index in [2.05, 4.69) is 40.7 Å². The molecule has 0 amide bonds. The van der Waals surface area contributed by atoms with Crippen LogP contribution in [0.4, 0.5) is 5.13 Å². The third-order valence-corrected chi connectivity index (χ3v) is 5.45. The van der Waals surface area contributed by atoms with Crippen molar-refractivity contribution in [1.29, 1.82) is 0 Å². The first kappa shape index (κ1) is 15.5. The van der Waals surface area contributed by atoms with Gasteiger partial charge in [0.05, 0.1) is 5.69 Å². The average molecular weight is 320 g/mol. The highest BCUT2D eigenvalue weighted by Gasteiger charge is 2.27. The van der Waals surface area contributed by atoms with Crippen molar-refractivity contribution in [3.63, 3.8) is 0 Å². The van der Waals surface area contributed by atoms with E-state index in [1.54, 1.807) is 11.3 Å². The van der Waals surface area contributed by atoms with Crippen LogP contribution in [0.25, 0.3) is 0 Å². The maximum Gasteiger partial charge on any atom is 0.185 e. The molecule has 22 heavy (non-hydrogen) atoms. The van der Waals surface area contributed by atoms with Crippen molar-refractivity contribution < 1.29 is 4.52 Å². The largest absolute Gasteiger partial charge is 0.361 e. The number of hydrogen-bond acceptors (Lipinski definition) is 6. The van der Waals surface area contributed by atoms with Gasteiger partial charge in [0.2, 0.25) is 0 Å². The van der Waals surface area contributed by atoms with E-state index >= 15 is 0 Å². The topological polar surface area (TPSA) is 45.4 Å². The van der Waals surface area contributed by atoms with E-state index in [1.807, 2.05) is 13.1 Å². The average Bonchev–Trinajstić information content (AvgIpc) is 3.12. The Morgan fingerprint density at radius 1 is 1.27 bits per heavy atom. The summed E-state index contributed by atoms with van der Waals surface area (Å²) in [5, 5.41) is 5.35. The molecule has 0 saturated carbocycles. The second-order valence-corrected chi connectivity index (χ2v) is 7.12. The van der Waals surface area contributed by atoms with Crippen LogP contribution in [0.15, 0.2) is 10.7 Å². The molecule has 1 atom stereocenters. The highest BCUT2D eigenvalue weighted by Crippen LogP contribution is 2.29. The van der Waals surface area contributed by atoms with E-state index in [0.717, 1.165) is 49.2 Å². The van der Waals surface area contributed by atoms with Gasteiger partial charge in [-0.1, -0.05) is 12.1 Å². The fourth-order valence-corrected chi connectivity index (χ4v) is 4.00. The zero-order valence-corrected chi connectivity index (χ0v) is 14.6. The summed E-state index contributed by atoms with van der Waals surface area (Å²) in [5.41, 5.74) is 2.38. The van der Waals surface area contributed by atoms with E-state index in [0.29, 0.717) is 6.04 Å². The van der Waals surface area contributed by atoms with Gasteiger partial charge in [-0.25, -0.2) is 4.98 Å². The first-order chi connectivity index (χ1) is 10.6. The molecule has 6 heteroatoms. The van der Waals surface area contributed by atoms with Gasteiger partial charge in [0, 0.05) is 48.9 Å². The van der Waals surface area contributed by atoms with Crippen molar-refractivity contribution in [3.05, 3.63) is 28.1 Å². The minimum absolute atomic E-state index is 0.362. The molecule has 0 unspecified atom stereocenters. The maximum absolute atomic E-state index is 5.40. The lowest BCUT2D eigenvalue weighted by Gasteiger charge is -2.38. The van der Waals surface area contributed by atoms with Gasteiger partial charge in [0.25, 0.3) is 0 Å². The Morgan fingerprint density at radius 3 is 2.59 bits per heavy atom. The van der Waals surface area contributed by atoms with Gasteiger partial charge >= 0.3 is 0 Å². The van der Waals surface area contributed by atoms with Crippen molar-refractivity contribution in [3.8, 4) is 0 Å². The fraction of sp³-hybridized carbons (Fsp3) is 0.625. The molecule has 1 aliphatic rings. The minimum atomic E-state index is 0.362. The zero-order chi connectivity index (χ0) is 15.7. The summed E-state index contributed by atoms with van der Waals surface area (Å²) >= 11 is 1.78. The van der Waals surface area contributed by atoms with Crippen LogP contribution in [0.2, 0.25) is 0 Å². The monoisotopic (exact) mass is 320 g/mol. The van der Waals surface area contributed by atoms with Crippen LogP contribution >= 0.6 is 11.3 Å². The molecule has 3 rings (SSSR count). The first-order valence-corrected chi connectivity index (χ1v) is 8.78. The lowest BCUT2D eigenvalue weighted by atomic mass is 10.0. The Kier molecular flexibility index (Phi) is 4.49. The quantitative estimate of drug-likeness (QED) is 0.865. The normalized spacial score (nSPS) is 17.9. The van der Waals surface area contributed by atoms with Crippen molar-refractivity contribution in [2.45, 2.75) is 40.2 Å². The summed E-state index contributed by atoms with van der Waals surface area (Å²) in [6.45, 7) is 12.7. The van der Waals surface area contributed by atoms with Crippen LogP contribution in [0.1, 0.15) is 41.8 Å². The summed E-state index contributed by atoms with van der Waals surface area (Å²) in [6, 6.07) is 0.362. The van der Waals surface area contributed by atoms with Crippen LogP contribution < -0.4 is 4.90 Å². The second-order valence-electron chi connectivity index (χ2n) is 5.91. The maximum atomic E-state index is 5.40. The molecular formula is C16H24N4OS. The van der Waals surface area contributed by atoms with Crippen LogP contribution in [0.3, 0.4) is 0 Å². The Bertz CT molecular complexity index is 628. The zero-order valence-electron chi connectivity index (χ0n) is 13.8. The summed E-state index contributed by atoms with van der Waals surface area (Å²) in [4.78, 5) is 10.7. The molecule has 3 heterocycles. The molecule has 2 aromatic rings. The second kappa shape index (κ2) is 6.38. The van der Waals surface area contributed by atoms with E-state index in [-0.39, 0.29) is 0 Å². The number of thiazole rings is 1. The van der Waals surface area contributed by atoms with Gasteiger partial charge in [-0.2, -0.15) is 0 Å². The molecule has 0 aromatic carbocycles. The van der Waals surface area contributed by atoms with Crippen molar-refractivity contribution in [2.75, 3.05) is 31.1 Å². The van der Waals surface area contributed by atoms with E-state index in [9.17, 15) is 0 Å². The van der Waals surface area contributed by atoms with Gasteiger partial charge in [-0.05, 0) is 27.2 Å². The minimum Gasteiger partial charge on any atom is -0.361 e. The predicted octanol–water partition coefficient (Wildman–Crippen LogP) is 3.19. The Morgan fingerprint density at radius 2 is 2.00 bits per heavy atom. The molecule has 2 aromatic heterocycles. The molecule has 0 radical (unpaired) electrons. The molecule has 1 saturated heterocycles. The van der Waals surface area contributed by atoms with Gasteiger partial charge < -0.3 is 9.42 Å². The summed E-state index contributed by atoms with van der Waals surface area (Å²) in [6.07, 6.45) is 2.89. The molecule has 5 nitrogen and oxygen atoms in total. The van der Waals surface area contributed by atoms with E-state index in [4.69, 9.17) is 4.52 Å². The highest BCUT2D eigenvalue weighted by atomic mass is 32.1. The molecule has 1 fully saturated rings. The molecule has 0 N–H and O–H groups in total. The summed E-state index contributed by atoms with van der Waals surface area (Å²) < 4.78 is 5.40. The fourth-order valence-electron chi connectivity index (χ4n) is 3.19. The van der Waals surface area contributed by atoms with Crippen molar-refractivity contribution in [2.24, 2.45) is 0 Å². The smallest absolute Gasteiger partial charge is 0.185 e. The number of rotatable bonds is 4. The van der Waals surface area contributed by atoms with Crippen molar-refractivity contribution in [1.82, 2.24) is 15.0 Å². The van der Waals surface area contributed by atoms with Crippen LogP contribution in [0, 0.1) is 13.8 Å². The summed E-state index contributed by atoms with van der Waals surface area (Å²) in [5.74, 6) is 0.960. The molecule has 1 aliphatic heterocycles. The van der Waals surface area contributed by atoms with Gasteiger partial charge in [-0.15, -0.1) is 11.3 Å². The third-order valence-electron chi connectivity index (χ3n) is 4.48. The number of piperazine rings is 1. The SMILES string of the molecule is CCc1noc(C)c1[C@@H](C)N1CCN(c2ncc(C)s2)CC1. The molecule has 0 aliphatic carbocycles. The van der Waals surface area contributed by atoms with Crippen LogP contribution in [-0.2, 0) is 6.42 Å². The lowest BCUT2D eigenvalue weighted by Crippen LogP contribution is -2.47. The Hall–Kier alpha value is -1.40. The van der Waals surface area contributed by atoms with Crippen molar-refractivity contribution >= 4 is 16.5 Å². The van der Waals surface area contributed by atoms with E-state index < -0.39 is 0 Å². The predicted molar refractivity (Wildman–Crippen MR) is 89.7 cm³/mol. The Labute approximate surface area is 135 Å². The van der Waals surface area contributed by atoms with Gasteiger partial charge in [0.1, 0.15) is 5.76 Å². The number of aromatic nitrogens is 2. The summed E-state index contributed by atoms with van der Waals surface area (Å²) in [7, 11) is 0. The number of hydrogen-bond donors (Lipinski definition) is 0. The van der Waals surface area contributed by atoms with Gasteiger partial charge in [0.15, 0.2) is 5.13 Å². The van der Waals surface area contributed by atoms with Crippen LogP contribution in [-0.4, -0.2) is 41.2 Å². The third kappa shape index (κ3) is 2.90. The van der Waals surface area contributed by atoms with Crippen LogP contribution in [0.5, 0.6) is 0 Å². The van der Waals surface area contributed by atoms with Gasteiger partial charge in [-0.3, -0.25) is 4.90 Å². The first-order valence-electron chi connectivity index (χ1n) is 7.96.